The van der Waals surface area contributed by atoms with Gasteiger partial charge in [0, 0.05) is 16.6 Å². The lowest BCUT2D eigenvalue weighted by Gasteiger charge is -2.17. The molecular weight excluding hydrogens is 378 g/mol. The van der Waals surface area contributed by atoms with Crippen molar-refractivity contribution in [3.8, 4) is 0 Å². The van der Waals surface area contributed by atoms with Crippen molar-refractivity contribution < 1.29 is 14.3 Å². The number of aromatic amines is 1. The number of methoxy groups -OCH3 is 1. The highest BCUT2D eigenvalue weighted by atomic mass is 32.2. The number of nitrogens with zero attached hydrogens (tertiary/aromatic N) is 2. The third-order valence-corrected chi connectivity index (χ3v) is 5.13. The van der Waals surface area contributed by atoms with Crippen molar-refractivity contribution in [3.63, 3.8) is 0 Å². The second-order valence-electron chi connectivity index (χ2n) is 6.03. The third kappa shape index (κ3) is 3.70. The highest BCUT2D eigenvalue weighted by Crippen LogP contribution is 2.38. The van der Waals surface area contributed by atoms with Crippen LogP contribution in [0.1, 0.15) is 10.4 Å². The number of benzene rings is 2. The molecule has 1 aliphatic rings. The van der Waals surface area contributed by atoms with Crippen LogP contribution in [-0.4, -0.2) is 35.2 Å². The molecule has 4 rings (SSSR count). The van der Waals surface area contributed by atoms with Crippen LogP contribution < -0.4 is 10.6 Å². The average Bonchev–Trinajstić information content (AvgIpc) is 3.10. The van der Waals surface area contributed by atoms with Gasteiger partial charge < -0.3 is 20.4 Å². The summed E-state index contributed by atoms with van der Waals surface area (Å²) in [6.45, 7) is 0. The molecule has 2 aromatic carbocycles. The predicted octanol–water partition coefficient (Wildman–Crippen LogP) is 4.12. The second-order valence-corrected chi connectivity index (χ2v) is 7.10. The van der Waals surface area contributed by atoms with Crippen LogP contribution in [-0.2, 0) is 9.53 Å². The van der Waals surface area contributed by atoms with Crippen LogP contribution in [0.2, 0.25) is 0 Å². The zero-order valence-corrected chi connectivity index (χ0v) is 15.7. The molecule has 0 spiro atoms. The van der Waals surface area contributed by atoms with Crippen LogP contribution in [0.3, 0.4) is 0 Å². The molecule has 0 aliphatic carbocycles. The average molecular weight is 395 g/mol. The Kier molecular flexibility index (Phi) is 4.98. The number of ether oxygens (including phenoxy) is 1. The van der Waals surface area contributed by atoms with E-state index >= 15 is 0 Å². The molecular formula is C19H17N5O3S. The SMILES string of the molecule is COC(=O)c1ccc(NC(=O)CSC2N=Nc3c([nH]c4ccccc34)N2)cc1. The molecule has 8 nitrogen and oxygen atoms in total. The van der Waals surface area contributed by atoms with E-state index in [1.165, 1.54) is 18.9 Å². The number of hydrogen-bond acceptors (Lipinski definition) is 7. The van der Waals surface area contributed by atoms with Crippen molar-refractivity contribution in [3.05, 3.63) is 54.1 Å². The Balaban J connectivity index is 1.32. The molecule has 1 aromatic heterocycles. The van der Waals surface area contributed by atoms with Gasteiger partial charge in [-0.15, -0.1) is 16.9 Å². The van der Waals surface area contributed by atoms with E-state index in [1.807, 2.05) is 24.3 Å². The minimum atomic E-state index is -0.418. The van der Waals surface area contributed by atoms with Gasteiger partial charge in [0.25, 0.3) is 0 Å². The number of para-hydroxylation sites is 1. The summed E-state index contributed by atoms with van der Waals surface area (Å²) in [4.78, 5) is 26.9. The number of anilines is 2. The van der Waals surface area contributed by atoms with Gasteiger partial charge in [-0.05, 0) is 30.3 Å². The molecule has 1 aliphatic heterocycles. The Hall–Kier alpha value is -3.33. The minimum absolute atomic E-state index is 0.171. The number of hydrogen-bond donors (Lipinski definition) is 3. The molecule has 0 saturated carbocycles. The number of amides is 1. The molecule has 0 saturated heterocycles. The number of thioether (sulfide) groups is 1. The van der Waals surface area contributed by atoms with E-state index in [-0.39, 0.29) is 17.2 Å². The van der Waals surface area contributed by atoms with Gasteiger partial charge in [0.2, 0.25) is 5.91 Å². The molecule has 9 heteroatoms. The fourth-order valence-corrected chi connectivity index (χ4v) is 3.53. The molecule has 1 amide bonds. The van der Waals surface area contributed by atoms with Crippen LogP contribution in [0.15, 0.2) is 58.8 Å². The largest absolute Gasteiger partial charge is 0.465 e. The van der Waals surface area contributed by atoms with Crippen molar-refractivity contribution in [2.75, 3.05) is 23.5 Å². The molecule has 3 aromatic rings. The Morgan fingerprint density at radius 1 is 1.18 bits per heavy atom. The predicted molar refractivity (Wildman–Crippen MR) is 109 cm³/mol. The Morgan fingerprint density at radius 3 is 2.75 bits per heavy atom. The van der Waals surface area contributed by atoms with Crippen molar-refractivity contribution in [2.45, 2.75) is 5.50 Å². The first-order chi connectivity index (χ1) is 13.6. The van der Waals surface area contributed by atoms with E-state index in [4.69, 9.17) is 0 Å². The highest BCUT2D eigenvalue weighted by Gasteiger charge is 2.20. The Labute approximate surface area is 164 Å². The summed E-state index contributed by atoms with van der Waals surface area (Å²) in [5.41, 5.74) is 2.44. The first kappa shape index (κ1) is 18.1. The van der Waals surface area contributed by atoms with Crippen LogP contribution in [0.4, 0.5) is 17.2 Å². The molecule has 1 unspecified atom stereocenters. The van der Waals surface area contributed by atoms with E-state index in [1.54, 1.807) is 24.3 Å². The number of aromatic nitrogens is 1. The minimum Gasteiger partial charge on any atom is -0.465 e. The van der Waals surface area contributed by atoms with Gasteiger partial charge in [0.05, 0.1) is 18.4 Å². The molecule has 0 bridgehead atoms. The fourth-order valence-electron chi connectivity index (χ4n) is 2.83. The van der Waals surface area contributed by atoms with Gasteiger partial charge in [-0.1, -0.05) is 18.2 Å². The smallest absolute Gasteiger partial charge is 0.337 e. The summed E-state index contributed by atoms with van der Waals surface area (Å²) in [5.74, 6) is 0.409. The van der Waals surface area contributed by atoms with Crippen LogP contribution >= 0.6 is 11.8 Å². The number of azo groups is 1. The van der Waals surface area contributed by atoms with Gasteiger partial charge in [-0.25, -0.2) is 4.79 Å². The standard InChI is InChI=1S/C19H17N5O3S/c1-27-18(26)11-6-8-12(9-7-11)20-15(25)10-28-19-22-17-16(23-24-19)13-4-2-3-5-14(13)21-17/h2-9,19,21-22H,10H2,1H3,(H,20,25). The third-order valence-electron chi connectivity index (χ3n) is 4.17. The maximum Gasteiger partial charge on any atom is 0.337 e. The van der Waals surface area contributed by atoms with Gasteiger partial charge in [-0.3, -0.25) is 4.79 Å². The van der Waals surface area contributed by atoms with Gasteiger partial charge >= 0.3 is 5.97 Å². The summed E-state index contributed by atoms with van der Waals surface area (Å²) in [7, 11) is 1.32. The zero-order valence-electron chi connectivity index (χ0n) is 14.9. The lowest BCUT2D eigenvalue weighted by atomic mass is 10.2. The molecule has 2 heterocycles. The topological polar surface area (TPSA) is 108 Å². The van der Waals surface area contributed by atoms with Crippen molar-refractivity contribution in [1.82, 2.24) is 4.98 Å². The van der Waals surface area contributed by atoms with Crippen molar-refractivity contribution in [2.24, 2.45) is 10.2 Å². The fraction of sp³-hybridized carbons (Fsp3) is 0.158. The molecule has 142 valence electrons. The maximum absolute atomic E-state index is 12.2. The number of carbonyl (C=O) groups excluding carboxylic acids is 2. The van der Waals surface area contributed by atoms with Crippen molar-refractivity contribution >= 4 is 51.7 Å². The molecule has 0 fully saturated rings. The first-order valence-corrected chi connectivity index (χ1v) is 9.57. The number of H-pyrrole nitrogens is 1. The summed E-state index contributed by atoms with van der Waals surface area (Å²) in [6.07, 6.45) is 0. The highest BCUT2D eigenvalue weighted by molar-refractivity contribution is 8.00. The number of carbonyl (C=O) groups is 2. The second kappa shape index (κ2) is 7.73. The molecule has 3 N–H and O–H groups in total. The summed E-state index contributed by atoms with van der Waals surface area (Å²) in [5, 5.41) is 15.6. The van der Waals surface area contributed by atoms with E-state index in [2.05, 4.69) is 30.6 Å². The van der Waals surface area contributed by atoms with Crippen LogP contribution in [0, 0.1) is 0 Å². The van der Waals surface area contributed by atoms with Crippen LogP contribution in [0.5, 0.6) is 0 Å². The normalized spacial score (nSPS) is 15.0. The van der Waals surface area contributed by atoms with Gasteiger partial charge in [-0.2, -0.15) is 5.11 Å². The number of fused-ring (bicyclic) bond motifs is 3. The monoisotopic (exact) mass is 395 g/mol. The van der Waals surface area contributed by atoms with Gasteiger partial charge in [0.15, 0.2) is 5.50 Å². The quantitative estimate of drug-likeness (QED) is 0.563. The van der Waals surface area contributed by atoms with Gasteiger partial charge in [0.1, 0.15) is 11.5 Å². The lowest BCUT2D eigenvalue weighted by molar-refractivity contribution is -0.113. The number of esters is 1. The molecule has 0 radical (unpaired) electrons. The van der Waals surface area contributed by atoms with E-state index in [9.17, 15) is 9.59 Å². The van der Waals surface area contributed by atoms with E-state index in [0.29, 0.717) is 11.3 Å². The number of rotatable bonds is 5. The van der Waals surface area contributed by atoms with Crippen molar-refractivity contribution in [1.29, 1.82) is 0 Å². The zero-order chi connectivity index (χ0) is 19.5. The molecule has 28 heavy (non-hydrogen) atoms. The van der Waals surface area contributed by atoms with E-state index in [0.717, 1.165) is 22.4 Å². The maximum atomic E-state index is 12.2. The summed E-state index contributed by atoms with van der Waals surface area (Å²) < 4.78 is 4.65. The van der Waals surface area contributed by atoms with Crippen LogP contribution in [0.25, 0.3) is 10.9 Å². The number of nitrogens with one attached hydrogen (secondary N) is 3. The lowest BCUT2D eigenvalue weighted by Crippen LogP contribution is -2.20. The van der Waals surface area contributed by atoms with E-state index < -0.39 is 5.97 Å². The molecule has 1 atom stereocenters. The first-order valence-electron chi connectivity index (χ1n) is 8.52. The summed E-state index contributed by atoms with van der Waals surface area (Å²) in [6, 6.07) is 14.4. The Bertz CT molecular complexity index is 1060. The summed E-state index contributed by atoms with van der Waals surface area (Å²) >= 11 is 1.33. The Morgan fingerprint density at radius 2 is 1.96 bits per heavy atom.